The maximum Gasteiger partial charge on any atom is 0.196 e. The number of Topliss-reactive ketones (excluding diaryl/α,β-unsaturated/α-hetero) is 1. The Kier molecular flexibility index (Phi) is 6.06. The number of quaternary nitrogens is 2. The highest BCUT2D eigenvalue weighted by Crippen LogP contribution is 2.66. The molecule has 2 heterocycles. The first kappa shape index (κ1) is 24.9. The first-order valence-electron chi connectivity index (χ1n) is 15.5. The summed E-state index contributed by atoms with van der Waals surface area (Å²) in [5.41, 5.74) is 0.268. The molecule has 0 unspecified atom stereocenters. The Morgan fingerprint density at radius 3 is 2.09 bits per heavy atom. The van der Waals surface area contributed by atoms with Crippen molar-refractivity contribution in [2.75, 3.05) is 40.3 Å². The van der Waals surface area contributed by atoms with Crippen molar-refractivity contribution < 1.29 is 18.9 Å². The van der Waals surface area contributed by atoms with Crippen LogP contribution in [0.4, 0.5) is 0 Å². The summed E-state index contributed by atoms with van der Waals surface area (Å²) in [7, 11) is 4.87. The monoisotopic (exact) mass is 486 g/mol. The molecule has 0 aromatic carbocycles. The third-order valence-electron chi connectivity index (χ3n) is 13.6. The van der Waals surface area contributed by atoms with Crippen LogP contribution >= 0.6 is 0 Å². The Morgan fingerprint density at radius 1 is 0.800 bits per heavy atom. The lowest BCUT2D eigenvalue weighted by Gasteiger charge is -2.62. The number of aliphatic hydroxyl groups excluding tert-OH is 1. The van der Waals surface area contributed by atoms with Crippen LogP contribution in [-0.2, 0) is 4.79 Å². The first-order chi connectivity index (χ1) is 16.6. The van der Waals surface area contributed by atoms with E-state index in [-0.39, 0.29) is 17.6 Å². The molecule has 2 aliphatic heterocycles. The van der Waals surface area contributed by atoms with Crippen LogP contribution in [0.5, 0.6) is 0 Å². The minimum atomic E-state index is -0.123. The first-order valence-corrected chi connectivity index (χ1v) is 15.5. The van der Waals surface area contributed by atoms with Gasteiger partial charge in [-0.1, -0.05) is 13.8 Å². The fraction of sp³-hybridized carbons (Fsp3) is 0.968. The van der Waals surface area contributed by atoms with Gasteiger partial charge in [-0.15, -0.1) is 0 Å². The van der Waals surface area contributed by atoms with Gasteiger partial charge in [-0.05, 0) is 99.7 Å². The van der Waals surface area contributed by atoms with Gasteiger partial charge in [0.05, 0.1) is 40.3 Å². The quantitative estimate of drug-likeness (QED) is 0.546. The summed E-state index contributed by atoms with van der Waals surface area (Å²) in [5.74, 6) is 3.39. The van der Waals surface area contributed by atoms with Gasteiger partial charge in [0.1, 0.15) is 18.2 Å². The van der Waals surface area contributed by atoms with Crippen molar-refractivity contribution in [3.8, 4) is 0 Å². The number of hydrogen-bond donors (Lipinski definition) is 1. The molecule has 9 atom stereocenters. The van der Waals surface area contributed by atoms with Crippen LogP contribution in [0.1, 0.15) is 97.3 Å². The second kappa shape index (κ2) is 8.53. The zero-order chi connectivity index (χ0) is 24.6. The molecule has 4 aliphatic carbocycles. The van der Waals surface area contributed by atoms with Gasteiger partial charge < -0.3 is 14.1 Å². The lowest BCUT2D eigenvalue weighted by Crippen LogP contribution is -2.66. The zero-order valence-electron chi connectivity index (χ0n) is 23.3. The molecule has 6 aliphatic rings. The fourth-order valence-corrected chi connectivity index (χ4v) is 11.4. The van der Waals surface area contributed by atoms with Crippen LogP contribution in [0.3, 0.4) is 0 Å². The molecule has 0 bridgehead atoms. The molecule has 4 saturated carbocycles. The minimum Gasteiger partial charge on any atom is -0.387 e. The van der Waals surface area contributed by atoms with Gasteiger partial charge in [0.25, 0.3) is 0 Å². The molecule has 4 nitrogen and oxygen atoms in total. The number of ketones is 1. The molecular formula is C31H54N2O2+2. The van der Waals surface area contributed by atoms with E-state index in [4.69, 9.17) is 0 Å². The molecule has 198 valence electrons. The van der Waals surface area contributed by atoms with Crippen LogP contribution < -0.4 is 0 Å². The van der Waals surface area contributed by atoms with Gasteiger partial charge in [-0.25, -0.2) is 0 Å². The van der Waals surface area contributed by atoms with E-state index in [1.54, 1.807) is 0 Å². The number of aliphatic hydroxyl groups is 1. The minimum absolute atomic E-state index is 0.0767. The van der Waals surface area contributed by atoms with Crippen LogP contribution in [-0.4, -0.2) is 78.3 Å². The standard InChI is InChI=1S/C31H54N2O2/c1-30-14-13-24-23(25(30)20-26(29(30)35)32(3)15-7-5-8-16-32)12-11-22-19-28(34)27(21-31(22,24)2)33(4)17-9-6-10-18-33/h22-28,34H,5-21H2,1-4H3/q+2/t22-,23+,24-,25-,26-,27-,28-,30-,31-/m0/s1. The van der Waals surface area contributed by atoms with E-state index in [9.17, 15) is 9.90 Å². The Balaban J connectivity index is 1.27. The summed E-state index contributed by atoms with van der Waals surface area (Å²) in [6.45, 7) is 9.95. The van der Waals surface area contributed by atoms with E-state index in [1.807, 2.05) is 0 Å². The molecule has 0 spiro atoms. The predicted molar refractivity (Wildman–Crippen MR) is 141 cm³/mol. The lowest BCUT2D eigenvalue weighted by atomic mass is 9.44. The maximum atomic E-state index is 14.1. The van der Waals surface area contributed by atoms with Crippen molar-refractivity contribution >= 4 is 5.78 Å². The smallest absolute Gasteiger partial charge is 0.196 e. The highest BCUT2D eigenvalue weighted by Gasteiger charge is 2.66. The Bertz CT molecular complexity index is 830. The fourth-order valence-electron chi connectivity index (χ4n) is 11.4. The van der Waals surface area contributed by atoms with E-state index >= 15 is 0 Å². The number of nitrogens with zero attached hydrogens (tertiary/aromatic N) is 2. The van der Waals surface area contributed by atoms with Gasteiger partial charge in [0.2, 0.25) is 0 Å². The molecule has 0 aromatic rings. The van der Waals surface area contributed by atoms with Crippen molar-refractivity contribution in [3.05, 3.63) is 0 Å². The molecule has 0 amide bonds. The maximum absolute atomic E-state index is 14.1. The van der Waals surface area contributed by atoms with Gasteiger partial charge in [-0.3, -0.25) is 4.79 Å². The summed E-state index contributed by atoms with van der Waals surface area (Å²) in [5, 5.41) is 11.4. The second-order valence-corrected chi connectivity index (χ2v) is 15.3. The van der Waals surface area contributed by atoms with E-state index in [0.29, 0.717) is 29.1 Å². The van der Waals surface area contributed by atoms with E-state index < -0.39 is 0 Å². The second-order valence-electron chi connectivity index (χ2n) is 15.3. The molecule has 0 radical (unpaired) electrons. The number of carbonyl (C=O) groups is 1. The molecule has 6 rings (SSSR count). The highest BCUT2D eigenvalue weighted by molar-refractivity contribution is 5.91. The molecule has 35 heavy (non-hydrogen) atoms. The Hall–Kier alpha value is -0.450. The zero-order valence-corrected chi connectivity index (χ0v) is 23.3. The highest BCUT2D eigenvalue weighted by atomic mass is 16.3. The Morgan fingerprint density at radius 2 is 1.43 bits per heavy atom. The summed E-state index contributed by atoms with van der Waals surface area (Å²) in [6, 6.07) is 0.674. The number of carbonyl (C=O) groups excluding carboxylic acids is 1. The number of likely N-dealkylation sites (tertiary alicyclic amines) is 2. The summed E-state index contributed by atoms with van der Waals surface area (Å²) in [6.07, 6.45) is 16.2. The molecular weight excluding hydrogens is 432 g/mol. The number of hydrogen-bond acceptors (Lipinski definition) is 2. The van der Waals surface area contributed by atoms with Crippen molar-refractivity contribution in [1.29, 1.82) is 0 Å². The van der Waals surface area contributed by atoms with Gasteiger partial charge in [-0.2, -0.15) is 0 Å². The third kappa shape index (κ3) is 3.66. The third-order valence-corrected chi connectivity index (χ3v) is 13.6. The number of fused-ring (bicyclic) bond motifs is 5. The normalized spacial score (nSPS) is 51.2. The van der Waals surface area contributed by atoms with Crippen molar-refractivity contribution in [2.24, 2.45) is 34.5 Å². The SMILES string of the molecule is C[C@]12C[C@H]([N+]3(C)CCCCC3)[C@@H](O)C[C@@H]1CC[C@@H]1[C@@H]2CC[C@]2(C)C(=O)[C@@H]([N+]3(C)CCCCC3)C[C@@H]12. The topological polar surface area (TPSA) is 37.3 Å². The number of piperidine rings is 2. The summed E-state index contributed by atoms with van der Waals surface area (Å²) < 4.78 is 2.14. The van der Waals surface area contributed by atoms with Crippen molar-refractivity contribution in [3.63, 3.8) is 0 Å². The van der Waals surface area contributed by atoms with Crippen LogP contribution in [0.2, 0.25) is 0 Å². The van der Waals surface area contributed by atoms with Crippen molar-refractivity contribution in [2.45, 2.75) is 116 Å². The average Bonchev–Trinajstić information content (AvgIpc) is 3.12. The Labute approximate surface area is 215 Å². The van der Waals surface area contributed by atoms with Crippen LogP contribution in [0.25, 0.3) is 0 Å². The van der Waals surface area contributed by atoms with E-state index in [1.165, 1.54) is 90.4 Å². The predicted octanol–water partition coefficient (Wildman–Crippen LogP) is 5.18. The van der Waals surface area contributed by atoms with E-state index in [2.05, 4.69) is 27.9 Å². The molecule has 6 fully saturated rings. The van der Waals surface area contributed by atoms with E-state index in [0.717, 1.165) is 40.1 Å². The lowest BCUT2D eigenvalue weighted by molar-refractivity contribution is -0.943. The molecule has 2 saturated heterocycles. The molecule has 1 N–H and O–H groups in total. The summed E-state index contributed by atoms with van der Waals surface area (Å²) in [4.78, 5) is 14.1. The van der Waals surface area contributed by atoms with Gasteiger partial charge in [0.15, 0.2) is 5.78 Å². The average molecular weight is 487 g/mol. The van der Waals surface area contributed by atoms with Crippen LogP contribution in [0, 0.1) is 34.5 Å². The molecule has 0 aromatic heterocycles. The van der Waals surface area contributed by atoms with Gasteiger partial charge >= 0.3 is 0 Å². The van der Waals surface area contributed by atoms with Crippen molar-refractivity contribution in [1.82, 2.24) is 0 Å². The molecule has 4 heteroatoms. The number of likely N-dealkylation sites (N-methyl/N-ethyl adjacent to an activating group) is 2. The number of rotatable bonds is 2. The largest absolute Gasteiger partial charge is 0.387 e. The van der Waals surface area contributed by atoms with Gasteiger partial charge in [0, 0.05) is 18.3 Å². The summed E-state index contributed by atoms with van der Waals surface area (Å²) >= 11 is 0. The van der Waals surface area contributed by atoms with Crippen LogP contribution in [0.15, 0.2) is 0 Å².